The first-order valence-corrected chi connectivity index (χ1v) is 8.46. The number of benzene rings is 1. The number of likely N-dealkylation sites (tertiary alicyclic amines) is 1. The van der Waals surface area contributed by atoms with Crippen molar-refractivity contribution in [3.05, 3.63) is 30.3 Å². The number of carbonyl (C=O) groups excluding carboxylic acids is 1. The minimum absolute atomic E-state index is 0.234. The van der Waals surface area contributed by atoms with Crippen molar-refractivity contribution in [2.45, 2.75) is 38.1 Å². The molecule has 0 aliphatic carbocycles. The zero-order chi connectivity index (χ0) is 14.2. The van der Waals surface area contributed by atoms with Crippen LogP contribution in [0.15, 0.2) is 30.3 Å². The monoisotopic (exact) mass is 339 g/mol. The zero-order valence-corrected chi connectivity index (χ0v) is 13.3. The normalized spacial score (nSPS) is 18.2. The summed E-state index contributed by atoms with van der Waals surface area (Å²) < 4.78 is 5.60. The lowest BCUT2D eigenvalue weighted by Crippen LogP contribution is -2.36. The van der Waals surface area contributed by atoms with Crippen molar-refractivity contribution in [2.24, 2.45) is 0 Å². The number of halogens is 1. The van der Waals surface area contributed by atoms with E-state index in [1.165, 1.54) is 0 Å². The Bertz CT molecular complexity index is 410. The third-order valence-corrected chi connectivity index (χ3v) is 4.26. The predicted molar refractivity (Wildman–Crippen MR) is 84.3 cm³/mol. The average molecular weight is 340 g/mol. The van der Waals surface area contributed by atoms with Gasteiger partial charge in [-0.15, -0.1) is 0 Å². The van der Waals surface area contributed by atoms with Gasteiger partial charge in [0.2, 0.25) is 5.91 Å². The Morgan fingerprint density at radius 2 is 2.15 bits per heavy atom. The van der Waals surface area contributed by atoms with E-state index in [4.69, 9.17) is 4.74 Å². The Hall–Kier alpha value is -1.03. The first kappa shape index (κ1) is 15.4. The predicted octanol–water partition coefficient (Wildman–Crippen LogP) is 3.62. The van der Waals surface area contributed by atoms with E-state index in [-0.39, 0.29) is 5.91 Å². The molecular weight excluding hydrogens is 318 g/mol. The summed E-state index contributed by atoms with van der Waals surface area (Å²) in [6.07, 6.45) is 5.00. The maximum Gasteiger partial charge on any atom is 0.226 e. The highest BCUT2D eigenvalue weighted by atomic mass is 79.9. The molecule has 0 bridgehead atoms. The van der Waals surface area contributed by atoms with Gasteiger partial charge in [-0.2, -0.15) is 0 Å². The minimum Gasteiger partial charge on any atom is -0.493 e. The molecule has 1 saturated heterocycles. The molecule has 1 aromatic rings. The summed E-state index contributed by atoms with van der Waals surface area (Å²) in [6, 6.07) is 10.1. The van der Waals surface area contributed by atoms with E-state index in [0.29, 0.717) is 19.1 Å². The molecular formula is C16H22BrNO2. The Morgan fingerprint density at radius 1 is 1.35 bits per heavy atom. The summed E-state index contributed by atoms with van der Waals surface area (Å²) >= 11 is 3.46. The number of amides is 1. The Morgan fingerprint density at radius 3 is 2.90 bits per heavy atom. The summed E-state index contributed by atoms with van der Waals surface area (Å²) in [6.45, 7) is 1.38. The van der Waals surface area contributed by atoms with E-state index in [9.17, 15) is 4.79 Å². The molecule has 1 unspecified atom stereocenters. The topological polar surface area (TPSA) is 29.5 Å². The number of carbonyl (C=O) groups is 1. The van der Waals surface area contributed by atoms with Gasteiger partial charge in [0.1, 0.15) is 5.75 Å². The molecule has 0 spiro atoms. The van der Waals surface area contributed by atoms with E-state index in [1.54, 1.807) is 0 Å². The van der Waals surface area contributed by atoms with Crippen molar-refractivity contribution < 1.29 is 9.53 Å². The van der Waals surface area contributed by atoms with Gasteiger partial charge in [-0.1, -0.05) is 34.1 Å². The Labute approximate surface area is 129 Å². The van der Waals surface area contributed by atoms with Gasteiger partial charge in [-0.3, -0.25) is 4.79 Å². The van der Waals surface area contributed by atoms with Crippen molar-refractivity contribution >= 4 is 21.8 Å². The van der Waals surface area contributed by atoms with Gasteiger partial charge in [-0.05, 0) is 37.8 Å². The van der Waals surface area contributed by atoms with Crippen LogP contribution in [0.5, 0.6) is 5.75 Å². The number of para-hydroxylation sites is 1. The molecule has 1 fully saturated rings. The molecule has 1 aromatic carbocycles. The summed E-state index contributed by atoms with van der Waals surface area (Å²) in [4.78, 5) is 14.3. The molecule has 0 aromatic heterocycles. The van der Waals surface area contributed by atoms with E-state index >= 15 is 0 Å². The van der Waals surface area contributed by atoms with Crippen LogP contribution >= 0.6 is 15.9 Å². The fourth-order valence-electron chi connectivity index (χ4n) is 2.69. The van der Waals surface area contributed by atoms with Gasteiger partial charge < -0.3 is 9.64 Å². The lowest BCUT2D eigenvalue weighted by atomic mass is 10.1. The largest absolute Gasteiger partial charge is 0.493 e. The number of alkyl halides is 1. The number of nitrogens with zero attached hydrogens (tertiary/aromatic N) is 1. The highest BCUT2D eigenvalue weighted by Crippen LogP contribution is 2.22. The molecule has 3 nitrogen and oxygen atoms in total. The lowest BCUT2D eigenvalue weighted by Gasteiger charge is -2.24. The van der Waals surface area contributed by atoms with Gasteiger partial charge in [0.05, 0.1) is 13.0 Å². The highest BCUT2D eigenvalue weighted by molar-refractivity contribution is 9.09. The van der Waals surface area contributed by atoms with E-state index in [1.807, 2.05) is 30.3 Å². The van der Waals surface area contributed by atoms with Crippen molar-refractivity contribution in [1.82, 2.24) is 4.90 Å². The fourth-order valence-corrected chi connectivity index (χ4v) is 3.02. The Kier molecular flexibility index (Phi) is 6.37. The van der Waals surface area contributed by atoms with Gasteiger partial charge in [-0.25, -0.2) is 0 Å². The second-order valence-corrected chi connectivity index (χ2v) is 5.92. The average Bonchev–Trinajstić information content (AvgIpc) is 2.94. The molecule has 1 atom stereocenters. The molecule has 0 N–H and O–H groups in total. The van der Waals surface area contributed by atoms with Gasteiger partial charge in [0, 0.05) is 17.9 Å². The minimum atomic E-state index is 0.234. The molecule has 1 aliphatic rings. The molecule has 0 radical (unpaired) electrons. The second-order valence-electron chi connectivity index (χ2n) is 5.13. The standard InChI is InChI=1S/C16H22BrNO2/c17-11-4-6-14-7-5-12-18(14)16(19)10-13-20-15-8-2-1-3-9-15/h1-3,8-9,14H,4-7,10-13H2. The van der Waals surface area contributed by atoms with Crippen molar-refractivity contribution in [2.75, 3.05) is 18.5 Å². The summed E-state index contributed by atoms with van der Waals surface area (Å²) in [5.74, 6) is 1.07. The van der Waals surface area contributed by atoms with Crippen LogP contribution < -0.4 is 4.74 Å². The fraction of sp³-hybridized carbons (Fsp3) is 0.562. The zero-order valence-electron chi connectivity index (χ0n) is 11.8. The molecule has 20 heavy (non-hydrogen) atoms. The lowest BCUT2D eigenvalue weighted by molar-refractivity contribution is -0.132. The van der Waals surface area contributed by atoms with Crippen LogP contribution in [0, 0.1) is 0 Å². The third kappa shape index (κ3) is 4.51. The van der Waals surface area contributed by atoms with Gasteiger partial charge in [0.25, 0.3) is 0 Å². The second kappa shape index (κ2) is 8.30. The highest BCUT2D eigenvalue weighted by Gasteiger charge is 2.27. The first-order valence-electron chi connectivity index (χ1n) is 7.34. The molecule has 1 aliphatic heterocycles. The summed E-state index contributed by atoms with van der Waals surface area (Å²) in [5.41, 5.74) is 0. The van der Waals surface area contributed by atoms with Crippen LogP contribution in [0.25, 0.3) is 0 Å². The van der Waals surface area contributed by atoms with E-state index in [2.05, 4.69) is 20.8 Å². The molecule has 2 rings (SSSR count). The van der Waals surface area contributed by atoms with Crippen LogP contribution in [-0.4, -0.2) is 35.3 Å². The third-order valence-electron chi connectivity index (χ3n) is 3.70. The molecule has 4 heteroatoms. The smallest absolute Gasteiger partial charge is 0.226 e. The SMILES string of the molecule is O=C(CCOc1ccccc1)N1CCCC1CCCBr. The number of hydrogen-bond acceptors (Lipinski definition) is 2. The van der Waals surface area contributed by atoms with E-state index < -0.39 is 0 Å². The first-order chi connectivity index (χ1) is 9.81. The van der Waals surface area contributed by atoms with Crippen LogP contribution in [0.3, 0.4) is 0 Å². The van der Waals surface area contributed by atoms with Crippen molar-refractivity contribution in [3.63, 3.8) is 0 Å². The van der Waals surface area contributed by atoms with E-state index in [0.717, 1.165) is 43.3 Å². The van der Waals surface area contributed by atoms with Crippen LogP contribution in [-0.2, 0) is 4.79 Å². The van der Waals surface area contributed by atoms with Crippen molar-refractivity contribution in [3.8, 4) is 5.75 Å². The number of rotatable bonds is 7. The van der Waals surface area contributed by atoms with Crippen LogP contribution in [0.1, 0.15) is 32.1 Å². The van der Waals surface area contributed by atoms with Gasteiger partial charge >= 0.3 is 0 Å². The van der Waals surface area contributed by atoms with Gasteiger partial charge in [0.15, 0.2) is 0 Å². The van der Waals surface area contributed by atoms with Crippen molar-refractivity contribution in [1.29, 1.82) is 0 Å². The number of hydrogen-bond donors (Lipinski definition) is 0. The molecule has 1 amide bonds. The molecule has 1 heterocycles. The summed E-state index contributed by atoms with van der Waals surface area (Å²) in [5, 5.41) is 1.02. The Balaban J connectivity index is 1.73. The van der Waals surface area contributed by atoms with Crippen LogP contribution in [0.2, 0.25) is 0 Å². The quantitative estimate of drug-likeness (QED) is 0.710. The maximum absolute atomic E-state index is 12.2. The van der Waals surface area contributed by atoms with Crippen LogP contribution in [0.4, 0.5) is 0 Å². The summed E-state index contributed by atoms with van der Waals surface area (Å²) in [7, 11) is 0. The molecule has 0 saturated carbocycles. The maximum atomic E-state index is 12.2. The number of ether oxygens (including phenoxy) is 1. The molecule has 110 valence electrons.